The van der Waals surface area contributed by atoms with Crippen molar-refractivity contribution < 1.29 is 22.3 Å². The zero-order valence-corrected chi connectivity index (χ0v) is 12.2. The lowest BCUT2D eigenvalue weighted by Gasteiger charge is -2.12. The van der Waals surface area contributed by atoms with Crippen molar-refractivity contribution in [2.45, 2.75) is 6.18 Å². The summed E-state index contributed by atoms with van der Waals surface area (Å²) in [5.74, 6) is 0.818. The van der Waals surface area contributed by atoms with Gasteiger partial charge in [0, 0.05) is 6.20 Å². The maximum absolute atomic E-state index is 12.6. The molecule has 3 aromatic rings. The van der Waals surface area contributed by atoms with Crippen LogP contribution in [0.4, 0.5) is 13.2 Å². The smallest absolute Gasteiger partial charge is 0.417 e. The molecule has 0 bridgehead atoms. The second-order valence-corrected chi connectivity index (χ2v) is 4.99. The van der Waals surface area contributed by atoms with E-state index in [0.717, 1.165) is 6.07 Å². The van der Waals surface area contributed by atoms with Gasteiger partial charge in [0.1, 0.15) is 16.5 Å². The Hall–Kier alpha value is -2.47. The summed E-state index contributed by atoms with van der Waals surface area (Å²) in [4.78, 5) is 3.66. The van der Waals surface area contributed by atoms with Crippen molar-refractivity contribution in [1.82, 2.24) is 4.98 Å². The lowest BCUT2D eigenvalue weighted by atomic mass is 10.1. The minimum absolute atomic E-state index is 0.112. The van der Waals surface area contributed by atoms with E-state index in [0.29, 0.717) is 23.3 Å². The molecule has 0 aliphatic rings. The summed E-state index contributed by atoms with van der Waals surface area (Å²) in [7, 11) is 0. The summed E-state index contributed by atoms with van der Waals surface area (Å²) in [5.41, 5.74) is -0.301. The molecule has 0 saturated carbocycles. The van der Waals surface area contributed by atoms with Crippen LogP contribution in [0.2, 0.25) is 5.02 Å². The Morgan fingerprint density at radius 3 is 2.52 bits per heavy atom. The second kappa shape index (κ2) is 5.96. The van der Waals surface area contributed by atoms with Crippen molar-refractivity contribution in [3.63, 3.8) is 0 Å². The van der Waals surface area contributed by atoms with E-state index in [2.05, 4.69) is 4.98 Å². The molecule has 2 heterocycles. The molecule has 0 atom stereocenters. The third kappa shape index (κ3) is 3.32. The quantitative estimate of drug-likeness (QED) is 0.604. The van der Waals surface area contributed by atoms with Crippen LogP contribution in [0.3, 0.4) is 0 Å². The fourth-order valence-electron chi connectivity index (χ4n) is 1.95. The maximum atomic E-state index is 12.6. The van der Waals surface area contributed by atoms with Crippen LogP contribution in [-0.2, 0) is 6.18 Å². The first-order valence-corrected chi connectivity index (χ1v) is 6.86. The van der Waals surface area contributed by atoms with Gasteiger partial charge in [0.15, 0.2) is 0 Å². The molecule has 118 valence electrons. The highest BCUT2D eigenvalue weighted by molar-refractivity contribution is 6.31. The van der Waals surface area contributed by atoms with Crippen molar-refractivity contribution in [1.29, 1.82) is 0 Å². The third-order valence-corrected chi connectivity index (χ3v) is 3.29. The molecule has 7 heteroatoms. The number of nitrogens with zero attached hydrogens (tertiary/aromatic N) is 1. The molecule has 0 spiro atoms. The zero-order valence-electron chi connectivity index (χ0n) is 11.5. The standard InChI is InChI=1S/C16H9ClF3NO2/c17-12-8-10(16(18,19)20)9-21-15(12)23-14-5-2-1-4-11(14)13-6-3-7-22-13/h1-9H. The predicted molar refractivity (Wildman–Crippen MR) is 78.5 cm³/mol. The highest BCUT2D eigenvalue weighted by Gasteiger charge is 2.31. The molecule has 0 saturated heterocycles. The number of halogens is 4. The summed E-state index contributed by atoms with van der Waals surface area (Å²) >= 11 is 5.85. The first kappa shape index (κ1) is 15.4. The minimum Gasteiger partial charge on any atom is -0.464 e. The van der Waals surface area contributed by atoms with Gasteiger partial charge in [0.05, 0.1) is 17.4 Å². The van der Waals surface area contributed by atoms with Crippen LogP contribution in [0.1, 0.15) is 5.56 Å². The van der Waals surface area contributed by atoms with Gasteiger partial charge in [-0.2, -0.15) is 13.2 Å². The Morgan fingerprint density at radius 2 is 1.87 bits per heavy atom. The Morgan fingerprint density at radius 1 is 1.09 bits per heavy atom. The topological polar surface area (TPSA) is 35.3 Å². The molecule has 0 N–H and O–H groups in total. The second-order valence-electron chi connectivity index (χ2n) is 4.58. The lowest BCUT2D eigenvalue weighted by molar-refractivity contribution is -0.137. The number of para-hydroxylation sites is 1. The highest BCUT2D eigenvalue weighted by atomic mass is 35.5. The van der Waals surface area contributed by atoms with Crippen LogP contribution in [0.25, 0.3) is 11.3 Å². The van der Waals surface area contributed by atoms with Crippen LogP contribution in [0.5, 0.6) is 11.6 Å². The number of aromatic nitrogens is 1. The number of rotatable bonds is 3. The number of hydrogen-bond donors (Lipinski definition) is 0. The van der Waals surface area contributed by atoms with Crippen molar-refractivity contribution in [3.8, 4) is 23.0 Å². The SMILES string of the molecule is FC(F)(F)c1cnc(Oc2ccccc2-c2ccco2)c(Cl)c1. The third-order valence-electron chi connectivity index (χ3n) is 3.02. The van der Waals surface area contributed by atoms with Crippen LogP contribution in [0, 0.1) is 0 Å². The lowest BCUT2D eigenvalue weighted by Crippen LogP contribution is -2.05. The van der Waals surface area contributed by atoms with Crippen molar-refractivity contribution in [3.05, 3.63) is 65.5 Å². The van der Waals surface area contributed by atoms with Crippen LogP contribution < -0.4 is 4.74 Å². The summed E-state index contributed by atoms with van der Waals surface area (Å²) in [6.45, 7) is 0. The molecule has 0 aliphatic heterocycles. The van der Waals surface area contributed by atoms with Crippen molar-refractivity contribution >= 4 is 11.6 Å². The molecule has 1 aromatic carbocycles. The minimum atomic E-state index is -4.51. The van der Waals surface area contributed by atoms with Gasteiger partial charge < -0.3 is 9.15 Å². The van der Waals surface area contributed by atoms with Crippen LogP contribution in [-0.4, -0.2) is 4.98 Å². The van der Waals surface area contributed by atoms with Gasteiger partial charge in [-0.15, -0.1) is 0 Å². The predicted octanol–water partition coefficient (Wildman–Crippen LogP) is 5.81. The average Bonchev–Trinajstić information content (AvgIpc) is 3.03. The highest BCUT2D eigenvalue weighted by Crippen LogP contribution is 2.37. The van der Waals surface area contributed by atoms with Gasteiger partial charge in [-0.1, -0.05) is 23.7 Å². The largest absolute Gasteiger partial charge is 0.464 e. The van der Waals surface area contributed by atoms with E-state index in [1.807, 2.05) is 0 Å². The zero-order chi connectivity index (χ0) is 16.4. The molecular weight excluding hydrogens is 331 g/mol. The molecule has 3 rings (SSSR count). The van der Waals surface area contributed by atoms with Crippen LogP contribution in [0.15, 0.2) is 59.3 Å². The summed E-state index contributed by atoms with van der Waals surface area (Å²) < 4.78 is 48.7. The van der Waals surface area contributed by atoms with E-state index in [-0.39, 0.29) is 10.9 Å². The molecule has 0 radical (unpaired) electrons. The number of pyridine rings is 1. The van der Waals surface area contributed by atoms with Crippen molar-refractivity contribution in [2.24, 2.45) is 0 Å². The van der Waals surface area contributed by atoms with E-state index in [1.165, 1.54) is 6.26 Å². The van der Waals surface area contributed by atoms with E-state index in [9.17, 15) is 13.2 Å². The number of furan rings is 1. The van der Waals surface area contributed by atoms with Gasteiger partial charge in [0.25, 0.3) is 0 Å². The van der Waals surface area contributed by atoms with Gasteiger partial charge in [-0.25, -0.2) is 4.98 Å². The summed E-state index contributed by atoms with van der Waals surface area (Å²) in [6, 6.07) is 11.1. The van der Waals surface area contributed by atoms with Gasteiger partial charge in [-0.05, 0) is 30.3 Å². The Kier molecular flexibility index (Phi) is 4.00. The number of hydrogen-bond acceptors (Lipinski definition) is 3. The maximum Gasteiger partial charge on any atom is 0.417 e. The molecule has 0 amide bonds. The van der Waals surface area contributed by atoms with Gasteiger partial charge in [0.2, 0.25) is 5.88 Å². The van der Waals surface area contributed by atoms with E-state index in [1.54, 1.807) is 36.4 Å². The number of alkyl halides is 3. The monoisotopic (exact) mass is 339 g/mol. The Bertz CT molecular complexity index is 816. The molecule has 2 aromatic heterocycles. The molecule has 23 heavy (non-hydrogen) atoms. The molecule has 0 unspecified atom stereocenters. The molecule has 3 nitrogen and oxygen atoms in total. The number of benzene rings is 1. The average molecular weight is 340 g/mol. The fraction of sp³-hybridized carbons (Fsp3) is 0.0625. The van der Waals surface area contributed by atoms with E-state index in [4.69, 9.17) is 20.8 Å². The first-order chi connectivity index (χ1) is 10.9. The first-order valence-electron chi connectivity index (χ1n) is 6.48. The molecular formula is C16H9ClF3NO2. The molecule has 0 aliphatic carbocycles. The Labute approximate surface area is 134 Å². The summed E-state index contributed by atoms with van der Waals surface area (Å²) in [6.07, 6.45) is -2.33. The molecule has 0 fully saturated rings. The normalized spacial score (nSPS) is 11.5. The van der Waals surface area contributed by atoms with Crippen molar-refractivity contribution in [2.75, 3.05) is 0 Å². The number of ether oxygens (including phenoxy) is 1. The van der Waals surface area contributed by atoms with Gasteiger partial charge >= 0.3 is 6.18 Å². The fourth-order valence-corrected chi connectivity index (χ4v) is 2.16. The Balaban J connectivity index is 1.95. The van der Waals surface area contributed by atoms with E-state index >= 15 is 0 Å². The van der Waals surface area contributed by atoms with E-state index < -0.39 is 11.7 Å². The summed E-state index contributed by atoms with van der Waals surface area (Å²) in [5, 5.41) is -0.228. The van der Waals surface area contributed by atoms with Gasteiger partial charge in [-0.3, -0.25) is 0 Å². The van der Waals surface area contributed by atoms with Crippen LogP contribution >= 0.6 is 11.6 Å².